The molecule has 0 bridgehead atoms. The molecule has 2 saturated heterocycles. The van der Waals surface area contributed by atoms with E-state index in [1.165, 1.54) is 7.11 Å². The Morgan fingerprint density at radius 2 is 1.83 bits per heavy atom. The lowest BCUT2D eigenvalue weighted by atomic mass is 9.91. The average Bonchev–Trinajstić information content (AvgIpc) is 2.80. The molecule has 0 aliphatic carbocycles. The molecule has 5 nitrogen and oxygen atoms in total. The van der Waals surface area contributed by atoms with Gasteiger partial charge in [-0.25, -0.2) is 0 Å². The lowest BCUT2D eigenvalue weighted by molar-refractivity contribution is -0.187. The van der Waals surface area contributed by atoms with Crippen LogP contribution < -0.4 is 0 Å². The van der Waals surface area contributed by atoms with Gasteiger partial charge in [-0.3, -0.25) is 4.79 Å². The van der Waals surface area contributed by atoms with Gasteiger partial charge < -0.3 is 19.1 Å². The van der Waals surface area contributed by atoms with Crippen molar-refractivity contribution in [3.63, 3.8) is 0 Å². The Kier molecular flexibility index (Phi) is 3.94. The van der Waals surface area contributed by atoms with Crippen LogP contribution in [-0.4, -0.2) is 56.6 Å². The maximum atomic E-state index is 11.7. The molecule has 2 aliphatic rings. The number of ether oxygens (including phenoxy) is 3. The fourth-order valence-corrected chi connectivity index (χ4v) is 2.74. The molecular weight excluding hydrogens is 234 g/mol. The van der Waals surface area contributed by atoms with Crippen LogP contribution in [0.1, 0.15) is 26.7 Å². The molecule has 0 saturated carbocycles. The average molecular weight is 257 g/mol. The second kappa shape index (κ2) is 5.15. The van der Waals surface area contributed by atoms with Crippen molar-refractivity contribution in [3.05, 3.63) is 0 Å². The molecule has 0 N–H and O–H groups in total. The first-order valence-corrected chi connectivity index (χ1v) is 6.56. The third kappa shape index (κ3) is 2.84. The number of hydrogen-bond acceptors (Lipinski definition) is 5. The molecular formula is C13H23NO4. The quantitative estimate of drug-likeness (QED) is 0.707. The smallest absolute Gasteiger partial charge is 0.312 e. The molecule has 0 aromatic carbocycles. The van der Waals surface area contributed by atoms with Crippen molar-refractivity contribution in [2.45, 2.75) is 32.5 Å². The Morgan fingerprint density at radius 1 is 1.28 bits per heavy atom. The molecule has 18 heavy (non-hydrogen) atoms. The van der Waals surface area contributed by atoms with Crippen LogP contribution in [0, 0.1) is 5.41 Å². The number of likely N-dealkylation sites (tertiary alicyclic amines) is 1. The second-order valence-electron chi connectivity index (χ2n) is 5.76. The molecule has 0 aromatic rings. The van der Waals surface area contributed by atoms with Gasteiger partial charge in [0, 0.05) is 32.5 Å². The van der Waals surface area contributed by atoms with Crippen LogP contribution in [0.25, 0.3) is 0 Å². The van der Waals surface area contributed by atoms with Crippen molar-refractivity contribution in [2.75, 3.05) is 40.0 Å². The normalized spacial score (nSPS) is 24.4. The predicted octanol–water partition coefficient (Wildman–Crippen LogP) is 1.02. The summed E-state index contributed by atoms with van der Waals surface area (Å²) in [6, 6.07) is 0. The SMILES string of the molecule is COC(=O)C(C)(C)CN1CCC2(CC1)OCCO2. The number of esters is 1. The number of carbonyl (C=O) groups excluding carboxylic acids is 1. The van der Waals surface area contributed by atoms with Crippen LogP contribution in [0.3, 0.4) is 0 Å². The van der Waals surface area contributed by atoms with Crippen molar-refractivity contribution in [2.24, 2.45) is 5.41 Å². The van der Waals surface area contributed by atoms with Gasteiger partial charge in [0.25, 0.3) is 0 Å². The van der Waals surface area contributed by atoms with Gasteiger partial charge in [-0.1, -0.05) is 0 Å². The highest BCUT2D eigenvalue weighted by Gasteiger charge is 2.41. The van der Waals surface area contributed by atoms with Gasteiger partial charge in [-0.2, -0.15) is 0 Å². The van der Waals surface area contributed by atoms with E-state index in [2.05, 4.69) is 4.90 Å². The molecule has 0 aromatic heterocycles. The molecule has 0 atom stereocenters. The fourth-order valence-electron chi connectivity index (χ4n) is 2.74. The van der Waals surface area contributed by atoms with E-state index in [1.807, 2.05) is 13.8 Å². The summed E-state index contributed by atoms with van der Waals surface area (Å²) >= 11 is 0. The van der Waals surface area contributed by atoms with Crippen molar-refractivity contribution < 1.29 is 19.0 Å². The van der Waals surface area contributed by atoms with E-state index in [0.29, 0.717) is 13.2 Å². The summed E-state index contributed by atoms with van der Waals surface area (Å²) in [5.74, 6) is -0.498. The summed E-state index contributed by atoms with van der Waals surface area (Å²) < 4.78 is 16.2. The first kappa shape index (κ1) is 13.8. The van der Waals surface area contributed by atoms with E-state index in [0.717, 1.165) is 32.5 Å². The third-order valence-electron chi connectivity index (χ3n) is 3.79. The zero-order chi connectivity index (χ0) is 13.2. The first-order valence-electron chi connectivity index (χ1n) is 6.56. The molecule has 5 heteroatoms. The Bertz CT molecular complexity index is 300. The Labute approximate surface area is 108 Å². The molecule has 2 fully saturated rings. The monoisotopic (exact) mass is 257 g/mol. The number of piperidine rings is 1. The predicted molar refractivity (Wildman–Crippen MR) is 66.1 cm³/mol. The molecule has 1 spiro atoms. The van der Waals surface area contributed by atoms with Gasteiger partial charge in [-0.15, -0.1) is 0 Å². The Hall–Kier alpha value is -0.650. The van der Waals surface area contributed by atoms with E-state index in [4.69, 9.17) is 14.2 Å². The summed E-state index contributed by atoms with van der Waals surface area (Å²) in [4.78, 5) is 13.9. The minimum absolute atomic E-state index is 0.156. The molecule has 0 amide bonds. The highest BCUT2D eigenvalue weighted by molar-refractivity contribution is 5.76. The molecule has 0 unspecified atom stereocenters. The van der Waals surface area contributed by atoms with Crippen LogP contribution in [-0.2, 0) is 19.0 Å². The van der Waals surface area contributed by atoms with Crippen molar-refractivity contribution >= 4 is 5.97 Å². The van der Waals surface area contributed by atoms with E-state index >= 15 is 0 Å². The highest BCUT2D eigenvalue weighted by atomic mass is 16.7. The van der Waals surface area contributed by atoms with Gasteiger partial charge in [0.1, 0.15) is 0 Å². The number of rotatable bonds is 3. The summed E-state index contributed by atoms with van der Waals surface area (Å²) in [6.45, 7) is 7.77. The Morgan fingerprint density at radius 3 is 2.33 bits per heavy atom. The van der Waals surface area contributed by atoms with Gasteiger partial charge in [0.15, 0.2) is 5.79 Å². The van der Waals surface area contributed by atoms with E-state index in [9.17, 15) is 4.79 Å². The Balaban J connectivity index is 1.85. The summed E-state index contributed by atoms with van der Waals surface area (Å²) in [5, 5.41) is 0. The number of nitrogens with zero attached hydrogens (tertiary/aromatic N) is 1. The zero-order valence-electron chi connectivity index (χ0n) is 11.5. The van der Waals surface area contributed by atoms with Crippen LogP contribution in [0.4, 0.5) is 0 Å². The van der Waals surface area contributed by atoms with Gasteiger partial charge in [0.2, 0.25) is 0 Å². The van der Waals surface area contributed by atoms with Gasteiger partial charge in [-0.05, 0) is 13.8 Å². The lowest BCUT2D eigenvalue weighted by Gasteiger charge is -2.39. The summed E-state index contributed by atoms with van der Waals surface area (Å²) in [5.41, 5.74) is -0.462. The summed E-state index contributed by atoms with van der Waals surface area (Å²) in [6.07, 6.45) is 1.76. The van der Waals surface area contributed by atoms with Gasteiger partial charge >= 0.3 is 5.97 Å². The highest BCUT2D eigenvalue weighted by Crippen LogP contribution is 2.32. The zero-order valence-corrected chi connectivity index (χ0v) is 11.5. The molecule has 104 valence electrons. The minimum Gasteiger partial charge on any atom is -0.469 e. The van der Waals surface area contributed by atoms with E-state index < -0.39 is 5.41 Å². The maximum absolute atomic E-state index is 11.7. The molecule has 0 radical (unpaired) electrons. The van der Waals surface area contributed by atoms with Crippen LogP contribution >= 0.6 is 0 Å². The number of methoxy groups -OCH3 is 1. The number of hydrogen-bond donors (Lipinski definition) is 0. The first-order chi connectivity index (χ1) is 8.47. The van der Waals surface area contributed by atoms with Crippen molar-refractivity contribution in [3.8, 4) is 0 Å². The van der Waals surface area contributed by atoms with Crippen molar-refractivity contribution in [1.29, 1.82) is 0 Å². The standard InChI is InChI=1S/C13H23NO4/c1-12(2,11(15)16-3)10-14-6-4-13(5-7-14)17-8-9-18-13/h4-10H2,1-3H3. The largest absolute Gasteiger partial charge is 0.469 e. The van der Waals surface area contributed by atoms with Gasteiger partial charge in [0.05, 0.1) is 25.7 Å². The van der Waals surface area contributed by atoms with E-state index in [1.54, 1.807) is 0 Å². The van der Waals surface area contributed by atoms with E-state index in [-0.39, 0.29) is 11.8 Å². The minimum atomic E-state index is -0.462. The van der Waals surface area contributed by atoms with Crippen LogP contribution in [0.15, 0.2) is 0 Å². The lowest BCUT2D eigenvalue weighted by Crippen LogP contribution is -2.49. The summed E-state index contributed by atoms with van der Waals surface area (Å²) in [7, 11) is 1.44. The third-order valence-corrected chi connectivity index (χ3v) is 3.79. The maximum Gasteiger partial charge on any atom is 0.312 e. The fraction of sp³-hybridized carbons (Fsp3) is 0.923. The molecule has 2 heterocycles. The molecule has 2 rings (SSSR count). The number of carbonyl (C=O) groups is 1. The topological polar surface area (TPSA) is 48.0 Å². The van der Waals surface area contributed by atoms with Crippen LogP contribution in [0.5, 0.6) is 0 Å². The van der Waals surface area contributed by atoms with Crippen molar-refractivity contribution in [1.82, 2.24) is 4.90 Å². The molecule has 2 aliphatic heterocycles. The van der Waals surface area contributed by atoms with Crippen LogP contribution in [0.2, 0.25) is 0 Å². The second-order valence-corrected chi connectivity index (χ2v) is 5.76.